The number of hydrogen-bond acceptors (Lipinski definition) is 5. The van der Waals surface area contributed by atoms with Crippen LogP contribution in [0.2, 0.25) is 0 Å². The van der Waals surface area contributed by atoms with E-state index < -0.39 is 35.2 Å². The van der Waals surface area contributed by atoms with E-state index in [1.54, 1.807) is 4.90 Å². The summed E-state index contributed by atoms with van der Waals surface area (Å²) in [6.45, 7) is 12.8. The van der Waals surface area contributed by atoms with E-state index in [0.29, 0.717) is 25.8 Å². The predicted octanol–water partition coefficient (Wildman–Crippen LogP) is 2.29. The summed E-state index contributed by atoms with van der Waals surface area (Å²) < 4.78 is 0. The van der Waals surface area contributed by atoms with Gasteiger partial charge in [0.2, 0.25) is 17.6 Å². The number of fused-ring (bicyclic) bond motifs is 1. The number of hydrogen-bond donors (Lipinski definition) is 3. The molecule has 0 aromatic carbocycles. The highest BCUT2D eigenvalue weighted by Gasteiger charge is 2.85. The van der Waals surface area contributed by atoms with E-state index in [9.17, 15) is 19.2 Å². The Labute approximate surface area is 209 Å². The molecule has 35 heavy (non-hydrogen) atoms. The molecule has 1 heterocycles. The molecule has 3 aliphatic carbocycles. The molecule has 8 nitrogen and oxygen atoms in total. The first-order chi connectivity index (χ1) is 16.2. The van der Waals surface area contributed by atoms with Crippen molar-refractivity contribution in [3.63, 3.8) is 0 Å². The quantitative estimate of drug-likeness (QED) is 0.453. The standard InChI is InChI=1S/C27H44N4O4/c1-7-9-17(19(32)22(34)29-16-10-11-16)30-21(33)18-14-27(25(5,6)26(27)12-8-13-26)15-31(18)23(35)20(28)24(2,3)4/h16-18,20H,7-15,28H2,1-6H3,(H,29,34)(H,30,33). The normalized spacial score (nSPS) is 29.9. The fourth-order valence-electron chi connectivity index (χ4n) is 7.08. The number of nitrogens with two attached hydrogens (primary N) is 1. The molecule has 0 aromatic heterocycles. The Morgan fingerprint density at radius 3 is 2.17 bits per heavy atom. The second-order valence-corrected chi connectivity index (χ2v) is 13.1. The van der Waals surface area contributed by atoms with Gasteiger partial charge in [0.25, 0.3) is 5.91 Å². The second kappa shape index (κ2) is 8.56. The average Bonchev–Trinajstić information content (AvgIpc) is 3.56. The number of carbonyl (C=O) groups is 4. The lowest BCUT2D eigenvalue weighted by Crippen LogP contribution is -2.57. The van der Waals surface area contributed by atoms with Gasteiger partial charge in [-0.1, -0.05) is 54.4 Å². The number of nitrogens with zero attached hydrogens (tertiary/aromatic N) is 1. The van der Waals surface area contributed by atoms with Crippen molar-refractivity contribution in [2.45, 2.75) is 117 Å². The minimum Gasteiger partial charge on any atom is -0.347 e. The molecule has 2 spiro atoms. The molecule has 4 rings (SSSR count). The van der Waals surface area contributed by atoms with Crippen LogP contribution in [-0.4, -0.2) is 59.1 Å². The molecular formula is C27H44N4O4. The summed E-state index contributed by atoms with van der Waals surface area (Å²) >= 11 is 0. The average molecular weight is 489 g/mol. The summed E-state index contributed by atoms with van der Waals surface area (Å²) in [6, 6.07) is -2.24. The van der Waals surface area contributed by atoms with Gasteiger partial charge in [0.05, 0.1) is 12.1 Å². The molecule has 0 aromatic rings. The Kier molecular flexibility index (Phi) is 6.39. The van der Waals surface area contributed by atoms with Crippen LogP contribution >= 0.6 is 0 Å². The van der Waals surface area contributed by atoms with Gasteiger partial charge in [0.15, 0.2) is 0 Å². The number of Topliss-reactive ketones (excluding diaryl/α,β-unsaturated/α-hetero) is 1. The first-order valence-corrected chi connectivity index (χ1v) is 13.4. The van der Waals surface area contributed by atoms with E-state index in [2.05, 4.69) is 24.5 Å². The highest BCUT2D eigenvalue weighted by molar-refractivity contribution is 6.38. The molecule has 3 saturated carbocycles. The van der Waals surface area contributed by atoms with Gasteiger partial charge in [-0.3, -0.25) is 19.2 Å². The highest BCUT2D eigenvalue weighted by Crippen LogP contribution is 2.88. The molecule has 4 unspecified atom stereocenters. The number of carbonyl (C=O) groups excluding carboxylic acids is 4. The van der Waals surface area contributed by atoms with E-state index in [1.165, 1.54) is 6.42 Å². The zero-order chi connectivity index (χ0) is 26.0. The van der Waals surface area contributed by atoms with Crippen molar-refractivity contribution in [3.05, 3.63) is 0 Å². The zero-order valence-corrected chi connectivity index (χ0v) is 22.3. The molecule has 4 N–H and O–H groups in total. The van der Waals surface area contributed by atoms with Crippen molar-refractivity contribution in [2.75, 3.05) is 6.54 Å². The van der Waals surface area contributed by atoms with Crippen LogP contribution < -0.4 is 16.4 Å². The first-order valence-electron chi connectivity index (χ1n) is 13.4. The third kappa shape index (κ3) is 4.00. The number of rotatable bonds is 8. The van der Waals surface area contributed by atoms with Gasteiger partial charge in [0, 0.05) is 18.0 Å². The number of nitrogens with one attached hydrogen (secondary N) is 2. The summed E-state index contributed by atoms with van der Waals surface area (Å²) in [5.74, 6) is -1.80. The third-order valence-corrected chi connectivity index (χ3v) is 9.94. The molecular weight excluding hydrogens is 444 g/mol. The first kappa shape index (κ1) is 26.1. The second-order valence-electron chi connectivity index (χ2n) is 13.1. The topological polar surface area (TPSA) is 122 Å². The number of amides is 3. The maximum Gasteiger partial charge on any atom is 0.289 e. The van der Waals surface area contributed by atoms with Gasteiger partial charge in [-0.2, -0.15) is 0 Å². The van der Waals surface area contributed by atoms with Crippen LogP contribution in [-0.2, 0) is 19.2 Å². The van der Waals surface area contributed by atoms with Crippen molar-refractivity contribution in [2.24, 2.45) is 27.4 Å². The maximum atomic E-state index is 13.7. The van der Waals surface area contributed by atoms with Crippen LogP contribution in [0.1, 0.15) is 92.9 Å². The van der Waals surface area contributed by atoms with Crippen molar-refractivity contribution >= 4 is 23.5 Å². The van der Waals surface area contributed by atoms with E-state index >= 15 is 0 Å². The largest absolute Gasteiger partial charge is 0.347 e. The van der Waals surface area contributed by atoms with Gasteiger partial charge < -0.3 is 21.3 Å². The van der Waals surface area contributed by atoms with Gasteiger partial charge >= 0.3 is 0 Å². The van der Waals surface area contributed by atoms with Crippen molar-refractivity contribution < 1.29 is 19.2 Å². The van der Waals surface area contributed by atoms with E-state index in [4.69, 9.17) is 5.73 Å². The summed E-state index contributed by atoms with van der Waals surface area (Å²) in [6.07, 6.45) is 6.81. The summed E-state index contributed by atoms with van der Waals surface area (Å²) in [4.78, 5) is 54.3. The van der Waals surface area contributed by atoms with Crippen molar-refractivity contribution in [3.8, 4) is 0 Å². The lowest BCUT2D eigenvalue weighted by atomic mass is 9.73. The smallest absolute Gasteiger partial charge is 0.289 e. The molecule has 196 valence electrons. The minimum atomic E-state index is -0.888. The minimum absolute atomic E-state index is 0.0421. The van der Waals surface area contributed by atoms with Gasteiger partial charge in [-0.15, -0.1) is 0 Å². The molecule has 4 fully saturated rings. The van der Waals surface area contributed by atoms with Crippen LogP contribution in [0, 0.1) is 21.7 Å². The van der Waals surface area contributed by atoms with Crippen LogP contribution in [0.4, 0.5) is 0 Å². The lowest BCUT2D eigenvalue weighted by molar-refractivity contribution is -0.143. The molecule has 3 amide bonds. The maximum absolute atomic E-state index is 13.7. The van der Waals surface area contributed by atoms with Gasteiger partial charge in [-0.05, 0) is 54.8 Å². The van der Waals surface area contributed by atoms with E-state index in [0.717, 1.165) is 25.7 Å². The van der Waals surface area contributed by atoms with Crippen molar-refractivity contribution in [1.29, 1.82) is 0 Å². The van der Waals surface area contributed by atoms with Crippen LogP contribution in [0.25, 0.3) is 0 Å². The Morgan fingerprint density at radius 1 is 1.09 bits per heavy atom. The zero-order valence-electron chi connectivity index (χ0n) is 22.3. The Balaban J connectivity index is 1.56. The van der Waals surface area contributed by atoms with Crippen LogP contribution in [0.15, 0.2) is 0 Å². The fourth-order valence-corrected chi connectivity index (χ4v) is 7.08. The molecule has 1 aliphatic heterocycles. The van der Waals surface area contributed by atoms with Crippen LogP contribution in [0.3, 0.4) is 0 Å². The Morgan fingerprint density at radius 2 is 1.71 bits per heavy atom. The van der Waals surface area contributed by atoms with Gasteiger partial charge in [0.1, 0.15) is 6.04 Å². The summed E-state index contributed by atoms with van der Waals surface area (Å²) in [7, 11) is 0. The molecule has 4 aliphatic rings. The summed E-state index contributed by atoms with van der Waals surface area (Å²) in [5, 5.41) is 5.60. The molecule has 0 radical (unpaired) electrons. The Hall–Kier alpha value is -1.96. The highest BCUT2D eigenvalue weighted by atomic mass is 16.2. The lowest BCUT2D eigenvalue weighted by Gasteiger charge is -2.33. The predicted molar refractivity (Wildman–Crippen MR) is 133 cm³/mol. The van der Waals surface area contributed by atoms with Crippen molar-refractivity contribution in [1.82, 2.24) is 15.5 Å². The van der Waals surface area contributed by atoms with Crippen LogP contribution in [0.5, 0.6) is 0 Å². The monoisotopic (exact) mass is 488 g/mol. The Bertz CT molecular complexity index is 915. The number of ketones is 1. The molecule has 0 bridgehead atoms. The van der Waals surface area contributed by atoms with E-state index in [-0.39, 0.29) is 34.1 Å². The SMILES string of the molecule is CCCC(NC(=O)C1CC2(CN1C(=O)C(N)C(C)(C)C)C(C)(C)C21CCC1)C(=O)C(=O)NC1CC1. The molecule has 8 heteroatoms. The fraction of sp³-hybridized carbons (Fsp3) is 0.852. The molecule has 1 saturated heterocycles. The number of likely N-dealkylation sites (tertiary alicyclic amines) is 1. The third-order valence-electron chi connectivity index (χ3n) is 9.94. The van der Waals surface area contributed by atoms with E-state index in [1.807, 2.05) is 27.7 Å². The molecule has 4 atom stereocenters. The van der Waals surface area contributed by atoms with Gasteiger partial charge in [-0.25, -0.2) is 0 Å². The summed E-state index contributed by atoms with van der Waals surface area (Å²) in [5.41, 5.74) is 6.05.